The molecule has 0 bridgehead atoms. The molecule has 0 aromatic carbocycles. The van der Waals surface area contributed by atoms with Gasteiger partial charge in [-0.25, -0.2) is 0 Å². The summed E-state index contributed by atoms with van der Waals surface area (Å²) in [5.74, 6) is 0. The molecule has 2 aliphatic carbocycles. The summed E-state index contributed by atoms with van der Waals surface area (Å²) in [4.78, 5) is 0. The van der Waals surface area contributed by atoms with E-state index < -0.39 is 4.59 Å². The molecule has 0 heterocycles. The third kappa shape index (κ3) is 5.44. The van der Waals surface area contributed by atoms with E-state index in [2.05, 4.69) is 0 Å². The van der Waals surface area contributed by atoms with Gasteiger partial charge in [-0.2, -0.15) is 0 Å². The van der Waals surface area contributed by atoms with Gasteiger partial charge in [-0.15, -0.1) is 0 Å². The van der Waals surface area contributed by atoms with Crippen LogP contribution in [0.1, 0.15) is 64.2 Å². The topological polar surface area (TPSA) is 26.0 Å². The van der Waals surface area contributed by atoms with Crippen molar-refractivity contribution in [1.82, 2.24) is 0 Å². The second-order valence-electron chi connectivity index (χ2n) is 5.27. The Morgan fingerprint density at radius 1 is 0.765 bits per heavy atom. The van der Waals surface area contributed by atoms with Crippen molar-refractivity contribution < 1.29 is 0 Å². The van der Waals surface area contributed by atoms with Crippen LogP contribution >= 0.6 is 27.4 Å². The van der Waals surface area contributed by atoms with Crippen LogP contribution in [-0.2, 0) is 11.8 Å². The highest BCUT2D eigenvalue weighted by Crippen LogP contribution is 2.68. The average molecular weight is 310 g/mol. The van der Waals surface area contributed by atoms with Crippen LogP contribution in [0.2, 0.25) is 0 Å². The number of hydrogen-bond donors (Lipinski definition) is 1. The molecule has 0 atom stereocenters. The summed E-state index contributed by atoms with van der Waals surface area (Å²) >= 11 is 9.69. The van der Waals surface area contributed by atoms with Gasteiger partial charge < -0.3 is 0 Å². The van der Waals surface area contributed by atoms with Gasteiger partial charge in [0.05, 0.1) is 0 Å². The van der Waals surface area contributed by atoms with Gasteiger partial charge in [0.25, 0.3) is 0 Å². The van der Waals surface area contributed by atoms with E-state index in [9.17, 15) is 0 Å². The fourth-order valence-corrected chi connectivity index (χ4v) is 13.5. The lowest BCUT2D eigenvalue weighted by Crippen LogP contribution is -2.11. The van der Waals surface area contributed by atoms with Gasteiger partial charge in [-0.05, 0) is 25.7 Å². The van der Waals surface area contributed by atoms with E-state index in [-0.39, 0.29) is 0 Å². The predicted octanol–water partition coefficient (Wildman–Crippen LogP) is 5.30. The Bertz CT molecular complexity index is 249. The van der Waals surface area contributed by atoms with Crippen LogP contribution < -0.4 is 5.50 Å². The molecule has 100 valence electrons. The molecule has 2 N–H and O–H groups in total. The maximum atomic E-state index is 6.43. The average Bonchev–Trinajstić information content (AvgIpc) is 2.30. The van der Waals surface area contributed by atoms with Crippen molar-refractivity contribution in [3.8, 4) is 0 Å². The van der Waals surface area contributed by atoms with Crippen molar-refractivity contribution in [2.75, 3.05) is 0 Å². The SMILES string of the molecule is NP(=S)(SC1CCCCC1)SC1CCCCC1. The van der Waals surface area contributed by atoms with Gasteiger partial charge in [-0.1, -0.05) is 73.1 Å². The molecular weight excluding hydrogens is 285 g/mol. The summed E-state index contributed by atoms with van der Waals surface area (Å²) in [5.41, 5.74) is 6.43. The summed E-state index contributed by atoms with van der Waals surface area (Å²) in [5, 5.41) is 1.55. The van der Waals surface area contributed by atoms with Crippen molar-refractivity contribution in [3.63, 3.8) is 0 Å². The number of hydrogen-bond acceptors (Lipinski definition) is 3. The fourth-order valence-electron chi connectivity index (χ4n) is 2.78. The summed E-state index contributed by atoms with van der Waals surface area (Å²) < 4.78 is -1.66. The van der Waals surface area contributed by atoms with Gasteiger partial charge in [0.1, 0.15) is 4.59 Å². The molecule has 2 saturated carbocycles. The van der Waals surface area contributed by atoms with Crippen molar-refractivity contribution in [2.24, 2.45) is 5.50 Å². The molecule has 0 aromatic heterocycles. The highest BCUT2D eigenvalue weighted by Gasteiger charge is 2.26. The minimum absolute atomic E-state index is 0.774. The summed E-state index contributed by atoms with van der Waals surface area (Å²) in [6, 6.07) is 0. The van der Waals surface area contributed by atoms with E-state index in [1.54, 1.807) is 0 Å². The lowest BCUT2D eigenvalue weighted by Gasteiger charge is -2.29. The Labute approximate surface area is 119 Å². The zero-order valence-electron chi connectivity index (χ0n) is 10.5. The van der Waals surface area contributed by atoms with Crippen molar-refractivity contribution in [1.29, 1.82) is 0 Å². The molecule has 2 rings (SSSR count). The van der Waals surface area contributed by atoms with Gasteiger partial charge in [-0.3, -0.25) is 5.50 Å². The second kappa shape index (κ2) is 7.19. The first-order valence-corrected chi connectivity index (χ1v) is 12.8. The van der Waals surface area contributed by atoms with Gasteiger partial charge >= 0.3 is 0 Å². The van der Waals surface area contributed by atoms with Crippen LogP contribution in [0, 0.1) is 0 Å². The van der Waals surface area contributed by atoms with Crippen LogP contribution in [0.25, 0.3) is 0 Å². The lowest BCUT2D eigenvalue weighted by atomic mass is 10.0. The van der Waals surface area contributed by atoms with Crippen LogP contribution in [0.15, 0.2) is 0 Å². The molecule has 17 heavy (non-hydrogen) atoms. The maximum absolute atomic E-state index is 6.43. The van der Waals surface area contributed by atoms with Gasteiger partial charge in [0.2, 0.25) is 0 Å². The molecule has 1 nitrogen and oxygen atoms in total. The highest BCUT2D eigenvalue weighted by molar-refractivity contribution is 9.00. The lowest BCUT2D eigenvalue weighted by molar-refractivity contribution is 0.517. The van der Waals surface area contributed by atoms with Crippen molar-refractivity contribution in [2.45, 2.75) is 74.7 Å². The first-order chi connectivity index (χ1) is 8.16. The molecule has 2 aliphatic rings. The first kappa shape index (κ1) is 14.7. The monoisotopic (exact) mass is 309 g/mol. The maximum Gasteiger partial charge on any atom is 0.115 e. The smallest absolute Gasteiger partial charge is 0.115 e. The third-order valence-electron chi connectivity index (χ3n) is 3.70. The zero-order chi connectivity index (χ0) is 12.1. The minimum Gasteiger partial charge on any atom is -0.287 e. The number of rotatable bonds is 4. The molecule has 0 spiro atoms. The summed E-state index contributed by atoms with van der Waals surface area (Å²) in [6.07, 6.45) is 13.8. The van der Waals surface area contributed by atoms with E-state index in [0.29, 0.717) is 0 Å². The van der Waals surface area contributed by atoms with Crippen LogP contribution in [0.3, 0.4) is 0 Å². The summed E-state index contributed by atoms with van der Waals surface area (Å²) in [6.45, 7) is 0. The Morgan fingerprint density at radius 3 is 1.47 bits per heavy atom. The molecule has 0 aliphatic heterocycles. The molecule has 5 heteroatoms. The number of nitrogens with two attached hydrogens (primary N) is 1. The Balaban J connectivity index is 1.78. The molecule has 0 saturated heterocycles. The van der Waals surface area contributed by atoms with Gasteiger partial charge in [0.15, 0.2) is 0 Å². The predicted molar refractivity (Wildman–Crippen MR) is 87.4 cm³/mol. The summed E-state index contributed by atoms with van der Waals surface area (Å²) in [7, 11) is 0. The third-order valence-corrected chi connectivity index (χ3v) is 12.5. The zero-order valence-corrected chi connectivity index (χ0v) is 13.8. The minimum atomic E-state index is -1.66. The van der Waals surface area contributed by atoms with E-state index in [0.717, 1.165) is 10.5 Å². The quantitative estimate of drug-likeness (QED) is 0.713. The van der Waals surface area contributed by atoms with E-state index in [1.807, 2.05) is 22.8 Å². The van der Waals surface area contributed by atoms with Gasteiger partial charge in [0, 0.05) is 10.5 Å². The van der Waals surface area contributed by atoms with Crippen LogP contribution in [-0.4, -0.2) is 10.5 Å². The molecule has 0 radical (unpaired) electrons. The largest absolute Gasteiger partial charge is 0.287 e. The van der Waals surface area contributed by atoms with Crippen molar-refractivity contribution in [3.05, 3.63) is 0 Å². The second-order valence-corrected chi connectivity index (χ2v) is 16.6. The fraction of sp³-hybridized carbons (Fsp3) is 1.00. The van der Waals surface area contributed by atoms with Crippen molar-refractivity contribution >= 4 is 39.2 Å². The normalized spacial score (nSPS) is 25.0. The Kier molecular flexibility index (Phi) is 6.22. The Hall–Kier alpha value is 1.31. The first-order valence-electron chi connectivity index (χ1n) is 6.91. The molecule has 2 fully saturated rings. The van der Waals surface area contributed by atoms with Crippen LogP contribution in [0.4, 0.5) is 0 Å². The Morgan fingerprint density at radius 2 is 1.12 bits per heavy atom. The molecule has 0 aromatic rings. The van der Waals surface area contributed by atoms with E-state index in [1.165, 1.54) is 64.2 Å². The highest BCUT2D eigenvalue weighted by atomic mass is 33.2. The van der Waals surface area contributed by atoms with Crippen LogP contribution in [0.5, 0.6) is 0 Å². The van der Waals surface area contributed by atoms with E-state index in [4.69, 9.17) is 17.3 Å². The molecular formula is C12H24NPS3. The van der Waals surface area contributed by atoms with E-state index >= 15 is 0 Å². The standard InChI is InChI=1S/C12H24NPS3/c13-14(15,16-11-7-3-1-4-8-11)17-12-9-5-2-6-10-12/h11-12H,1-10H2,(H2,13,15). The molecule has 0 unspecified atom stereocenters. The molecule has 0 amide bonds.